The van der Waals surface area contributed by atoms with Gasteiger partial charge in [-0.1, -0.05) is 0 Å². The van der Waals surface area contributed by atoms with E-state index < -0.39 is 0 Å². The monoisotopic (exact) mass is 214 g/mol. The summed E-state index contributed by atoms with van der Waals surface area (Å²) in [6.07, 6.45) is 0. The SMILES string of the molecule is COc1cc2sc(S)cc2cc1F. The van der Waals surface area contributed by atoms with E-state index in [0.717, 1.165) is 14.3 Å². The van der Waals surface area contributed by atoms with Crippen molar-refractivity contribution in [3.8, 4) is 5.75 Å². The Kier molecular flexibility index (Phi) is 2.17. The number of thiophene rings is 1. The van der Waals surface area contributed by atoms with Crippen molar-refractivity contribution >= 4 is 34.1 Å². The number of hydrogen-bond donors (Lipinski definition) is 1. The molecule has 0 spiro atoms. The molecule has 1 nitrogen and oxygen atoms in total. The van der Waals surface area contributed by atoms with E-state index in [2.05, 4.69) is 12.6 Å². The zero-order chi connectivity index (χ0) is 9.42. The molecule has 0 unspecified atom stereocenters. The first-order chi connectivity index (χ1) is 6.20. The normalized spacial score (nSPS) is 10.7. The average molecular weight is 214 g/mol. The highest BCUT2D eigenvalue weighted by atomic mass is 32.2. The Morgan fingerprint density at radius 2 is 2.15 bits per heavy atom. The topological polar surface area (TPSA) is 9.23 Å². The number of ether oxygens (including phenoxy) is 1. The van der Waals surface area contributed by atoms with Gasteiger partial charge in [0.1, 0.15) is 0 Å². The van der Waals surface area contributed by atoms with Crippen LogP contribution in [0.15, 0.2) is 22.4 Å². The van der Waals surface area contributed by atoms with E-state index in [1.54, 1.807) is 6.07 Å². The molecule has 0 bridgehead atoms. The predicted octanol–water partition coefficient (Wildman–Crippen LogP) is 3.34. The molecule has 0 atom stereocenters. The maximum absolute atomic E-state index is 13.2. The molecule has 0 fully saturated rings. The summed E-state index contributed by atoms with van der Waals surface area (Å²) < 4.78 is 19.9. The van der Waals surface area contributed by atoms with E-state index in [1.165, 1.54) is 24.5 Å². The minimum absolute atomic E-state index is 0.280. The predicted molar refractivity (Wildman–Crippen MR) is 55.6 cm³/mol. The molecule has 1 aromatic carbocycles. The number of rotatable bonds is 1. The smallest absolute Gasteiger partial charge is 0.165 e. The van der Waals surface area contributed by atoms with Gasteiger partial charge in [0.15, 0.2) is 11.6 Å². The molecule has 0 saturated heterocycles. The van der Waals surface area contributed by atoms with Gasteiger partial charge in [0, 0.05) is 10.8 Å². The second-order valence-electron chi connectivity index (χ2n) is 2.61. The summed E-state index contributed by atoms with van der Waals surface area (Å²) in [6.45, 7) is 0. The van der Waals surface area contributed by atoms with E-state index in [4.69, 9.17) is 4.74 Å². The Balaban J connectivity index is 2.72. The van der Waals surface area contributed by atoms with Gasteiger partial charge in [-0.2, -0.15) is 0 Å². The first-order valence-electron chi connectivity index (χ1n) is 3.67. The van der Waals surface area contributed by atoms with Gasteiger partial charge >= 0.3 is 0 Å². The van der Waals surface area contributed by atoms with Gasteiger partial charge in [-0.05, 0) is 17.5 Å². The van der Waals surface area contributed by atoms with E-state index >= 15 is 0 Å². The first kappa shape index (κ1) is 8.84. The molecule has 0 N–H and O–H groups in total. The standard InChI is InChI=1S/C9H7FOS2/c1-11-7-4-8-5(2-6(7)10)3-9(12)13-8/h2-4,12H,1H3. The summed E-state index contributed by atoms with van der Waals surface area (Å²) in [4.78, 5) is 0. The van der Waals surface area contributed by atoms with E-state index in [1.807, 2.05) is 6.07 Å². The molecule has 0 aliphatic rings. The van der Waals surface area contributed by atoms with Crippen LogP contribution in [0.5, 0.6) is 5.75 Å². The number of halogens is 1. The minimum atomic E-state index is -0.332. The van der Waals surface area contributed by atoms with Crippen molar-refractivity contribution in [2.75, 3.05) is 7.11 Å². The lowest BCUT2D eigenvalue weighted by molar-refractivity contribution is 0.387. The second kappa shape index (κ2) is 3.20. The largest absolute Gasteiger partial charge is 0.494 e. The van der Waals surface area contributed by atoms with Crippen LogP contribution in [0.25, 0.3) is 10.1 Å². The molecule has 0 aliphatic carbocycles. The molecule has 0 amide bonds. The fourth-order valence-electron chi connectivity index (χ4n) is 1.18. The lowest BCUT2D eigenvalue weighted by Gasteiger charge is -2.00. The van der Waals surface area contributed by atoms with Crippen LogP contribution in [0.2, 0.25) is 0 Å². The quantitative estimate of drug-likeness (QED) is 0.716. The van der Waals surface area contributed by atoms with Crippen LogP contribution in [0.3, 0.4) is 0 Å². The Hall–Kier alpha value is -0.740. The molecular formula is C9H7FOS2. The summed E-state index contributed by atoms with van der Waals surface area (Å²) in [7, 11) is 1.46. The van der Waals surface area contributed by atoms with Gasteiger partial charge in [-0.3, -0.25) is 0 Å². The number of hydrogen-bond acceptors (Lipinski definition) is 3. The van der Waals surface area contributed by atoms with E-state index in [0.29, 0.717) is 0 Å². The zero-order valence-corrected chi connectivity index (χ0v) is 8.58. The van der Waals surface area contributed by atoms with Gasteiger partial charge in [-0.25, -0.2) is 4.39 Å². The zero-order valence-electron chi connectivity index (χ0n) is 6.87. The second-order valence-corrected chi connectivity index (χ2v) is 4.48. The molecule has 4 heteroatoms. The van der Waals surface area contributed by atoms with Crippen molar-refractivity contribution in [3.05, 3.63) is 24.0 Å². The van der Waals surface area contributed by atoms with Crippen molar-refractivity contribution in [3.63, 3.8) is 0 Å². The average Bonchev–Trinajstić information content (AvgIpc) is 2.42. The van der Waals surface area contributed by atoms with Gasteiger partial charge in [0.25, 0.3) is 0 Å². The van der Waals surface area contributed by atoms with Gasteiger partial charge < -0.3 is 4.74 Å². The number of thiol groups is 1. The van der Waals surface area contributed by atoms with Crippen molar-refractivity contribution in [1.82, 2.24) is 0 Å². The lowest BCUT2D eigenvalue weighted by Crippen LogP contribution is -1.86. The molecule has 1 heterocycles. The van der Waals surface area contributed by atoms with Crippen molar-refractivity contribution < 1.29 is 9.13 Å². The van der Waals surface area contributed by atoms with E-state index in [9.17, 15) is 4.39 Å². The molecule has 0 saturated carbocycles. The van der Waals surface area contributed by atoms with Crippen LogP contribution >= 0.6 is 24.0 Å². The minimum Gasteiger partial charge on any atom is -0.494 e. The molecule has 68 valence electrons. The highest BCUT2D eigenvalue weighted by Crippen LogP contribution is 2.32. The van der Waals surface area contributed by atoms with Crippen LogP contribution in [-0.2, 0) is 0 Å². The number of benzene rings is 1. The molecule has 2 aromatic rings. The van der Waals surface area contributed by atoms with Gasteiger partial charge in [-0.15, -0.1) is 24.0 Å². The van der Waals surface area contributed by atoms with E-state index in [-0.39, 0.29) is 11.6 Å². The maximum Gasteiger partial charge on any atom is 0.165 e. The van der Waals surface area contributed by atoms with Gasteiger partial charge in [0.2, 0.25) is 0 Å². The summed E-state index contributed by atoms with van der Waals surface area (Å²) >= 11 is 5.70. The van der Waals surface area contributed by atoms with Gasteiger partial charge in [0.05, 0.1) is 11.3 Å². The van der Waals surface area contributed by atoms with Crippen molar-refractivity contribution in [1.29, 1.82) is 0 Å². The molecule has 0 aliphatic heterocycles. The summed E-state index contributed by atoms with van der Waals surface area (Å²) in [5, 5.41) is 0.869. The lowest BCUT2D eigenvalue weighted by atomic mass is 10.2. The fourth-order valence-corrected chi connectivity index (χ4v) is 2.43. The molecular weight excluding hydrogens is 207 g/mol. The van der Waals surface area contributed by atoms with Crippen molar-refractivity contribution in [2.24, 2.45) is 0 Å². The third-order valence-electron chi connectivity index (χ3n) is 1.78. The Bertz CT molecular complexity index is 450. The fraction of sp³-hybridized carbons (Fsp3) is 0.111. The number of fused-ring (bicyclic) bond motifs is 1. The molecule has 2 rings (SSSR count). The highest BCUT2D eigenvalue weighted by molar-refractivity contribution is 7.83. The molecule has 13 heavy (non-hydrogen) atoms. The van der Waals surface area contributed by atoms with Crippen LogP contribution in [-0.4, -0.2) is 7.11 Å². The summed E-state index contributed by atoms with van der Waals surface area (Å²) in [5.74, 6) is -0.0520. The summed E-state index contributed by atoms with van der Waals surface area (Å²) in [5.41, 5.74) is 0. The maximum atomic E-state index is 13.2. The van der Waals surface area contributed by atoms with Crippen LogP contribution < -0.4 is 4.74 Å². The van der Waals surface area contributed by atoms with Crippen molar-refractivity contribution in [2.45, 2.75) is 4.21 Å². The first-order valence-corrected chi connectivity index (χ1v) is 4.93. The Morgan fingerprint density at radius 1 is 1.38 bits per heavy atom. The van der Waals surface area contributed by atoms with Crippen LogP contribution in [0.1, 0.15) is 0 Å². The Morgan fingerprint density at radius 3 is 2.85 bits per heavy atom. The number of methoxy groups -OCH3 is 1. The Labute approximate surface area is 84.6 Å². The summed E-state index contributed by atoms with van der Waals surface area (Å²) in [6, 6.07) is 4.99. The molecule has 1 aromatic heterocycles. The highest BCUT2D eigenvalue weighted by Gasteiger charge is 2.06. The van der Waals surface area contributed by atoms with Crippen LogP contribution in [0.4, 0.5) is 4.39 Å². The third kappa shape index (κ3) is 1.51. The molecule has 0 radical (unpaired) electrons. The third-order valence-corrected chi connectivity index (χ3v) is 3.08. The van der Waals surface area contributed by atoms with Crippen LogP contribution in [0, 0.1) is 5.82 Å².